The second-order valence-electron chi connectivity index (χ2n) is 5.62. The smallest absolute Gasteiger partial charge is 0.344 e. The quantitative estimate of drug-likeness (QED) is 0.616. The summed E-state index contributed by atoms with van der Waals surface area (Å²) in [5.41, 5.74) is 2.02. The number of carboxylic acid groups (broad SMARTS) is 1. The molecule has 2 aromatic carbocycles. The number of aliphatic hydroxyl groups excluding tert-OH is 1. The Morgan fingerprint density at radius 1 is 1.12 bits per heavy atom. The highest BCUT2D eigenvalue weighted by Gasteiger charge is 2.12. The van der Waals surface area contributed by atoms with Crippen LogP contribution in [0.1, 0.15) is 24.2 Å². The molecule has 5 nitrogen and oxygen atoms in total. The molecule has 0 aromatic heterocycles. The molecule has 3 N–H and O–H groups in total. The van der Waals surface area contributed by atoms with E-state index >= 15 is 0 Å². The third kappa shape index (κ3) is 5.68. The van der Waals surface area contributed by atoms with Gasteiger partial charge in [-0.15, -0.1) is 0 Å². The molecule has 0 fully saturated rings. The highest BCUT2D eigenvalue weighted by molar-refractivity contribution is 5.72. The van der Waals surface area contributed by atoms with Crippen LogP contribution in [0.2, 0.25) is 0 Å². The summed E-state index contributed by atoms with van der Waals surface area (Å²) in [6, 6.07) is 16.9. The highest BCUT2D eigenvalue weighted by atomic mass is 16.5. The number of nitrogens with one attached hydrogen (secondary N) is 1. The number of benzene rings is 2. The monoisotopic (exact) mass is 329 g/mol. The van der Waals surface area contributed by atoms with Gasteiger partial charge in [0.05, 0.1) is 6.10 Å². The summed E-state index contributed by atoms with van der Waals surface area (Å²) in [5, 5.41) is 22.1. The van der Waals surface area contributed by atoms with E-state index in [0.29, 0.717) is 12.3 Å². The van der Waals surface area contributed by atoms with Crippen molar-refractivity contribution in [3.05, 3.63) is 65.7 Å². The molecule has 0 heterocycles. The Morgan fingerprint density at radius 3 is 2.42 bits per heavy atom. The molecule has 0 spiro atoms. The molecule has 0 bridgehead atoms. The van der Waals surface area contributed by atoms with Crippen LogP contribution in [0.15, 0.2) is 54.6 Å². The summed E-state index contributed by atoms with van der Waals surface area (Å²) in [7, 11) is 0. The van der Waals surface area contributed by atoms with Gasteiger partial charge in [-0.2, -0.15) is 0 Å². The molecule has 5 heteroatoms. The predicted molar refractivity (Wildman–Crippen MR) is 92.1 cm³/mol. The van der Waals surface area contributed by atoms with Gasteiger partial charge in [0.1, 0.15) is 5.75 Å². The minimum Gasteiger partial charge on any atom is -0.479 e. The molecule has 24 heavy (non-hydrogen) atoms. The topological polar surface area (TPSA) is 78.8 Å². The average molecular weight is 329 g/mol. The molecule has 0 aliphatic carbocycles. The minimum absolute atomic E-state index is 0.501. The van der Waals surface area contributed by atoms with Crippen molar-refractivity contribution in [2.24, 2.45) is 0 Å². The molecule has 128 valence electrons. The Hall–Kier alpha value is -2.37. The van der Waals surface area contributed by atoms with E-state index in [1.165, 1.54) is 6.92 Å². The second-order valence-corrected chi connectivity index (χ2v) is 5.62. The molecule has 2 atom stereocenters. The van der Waals surface area contributed by atoms with Crippen LogP contribution in [0.25, 0.3) is 0 Å². The first-order valence-electron chi connectivity index (χ1n) is 7.98. The Bertz CT molecular complexity index is 628. The molecular formula is C19H23NO4. The number of hydrogen-bond donors (Lipinski definition) is 3. The van der Waals surface area contributed by atoms with Crippen molar-refractivity contribution in [3.8, 4) is 5.75 Å². The van der Waals surface area contributed by atoms with E-state index in [2.05, 4.69) is 5.32 Å². The average Bonchev–Trinajstić information content (AvgIpc) is 2.60. The highest BCUT2D eigenvalue weighted by Crippen LogP contribution is 2.14. The largest absolute Gasteiger partial charge is 0.479 e. The molecule has 0 radical (unpaired) electrons. The third-order valence-electron chi connectivity index (χ3n) is 3.70. The first kappa shape index (κ1) is 18.0. The third-order valence-corrected chi connectivity index (χ3v) is 3.70. The number of hydrogen-bond acceptors (Lipinski definition) is 4. The van der Waals surface area contributed by atoms with Gasteiger partial charge in [0.15, 0.2) is 6.10 Å². The van der Waals surface area contributed by atoms with E-state index in [0.717, 1.165) is 24.1 Å². The molecule has 2 aromatic rings. The minimum atomic E-state index is -0.986. The van der Waals surface area contributed by atoms with Gasteiger partial charge in [0.25, 0.3) is 0 Å². The Morgan fingerprint density at radius 2 is 1.79 bits per heavy atom. The fraction of sp³-hybridized carbons (Fsp3) is 0.316. The lowest BCUT2D eigenvalue weighted by molar-refractivity contribution is -0.144. The number of ether oxygens (including phenoxy) is 1. The van der Waals surface area contributed by atoms with Crippen molar-refractivity contribution in [2.45, 2.75) is 25.6 Å². The van der Waals surface area contributed by atoms with Gasteiger partial charge in [-0.3, -0.25) is 0 Å². The summed E-state index contributed by atoms with van der Waals surface area (Å²) in [6.07, 6.45) is -0.563. The van der Waals surface area contributed by atoms with Gasteiger partial charge in [-0.25, -0.2) is 4.79 Å². The Labute approximate surface area is 141 Å². The number of rotatable bonds is 9. The van der Waals surface area contributed by atoms with Crippen molar-refractivity contribution < 1.29 is 19.7 Å². The van der Waals surface area contributed by atoms with Crippen LogP contribution in [0.4, 0.5) is 0 Å². The van der Waals surface area contributed by atoms with Crippen LogP contribution in [0.3, 0.4) is 0 Å². The van der Waals surface area contributed by atoms with Crippen LogP contribution in [-0.2, 0) is 11.2 Å². The van der Waals surface area contributed by atoms with Gasteiger partial charge in [0, 0.05) is 6.54 Å². The lowest BCUT2D eigenvalue weighted by Crippen LogP contribution is -2.24. The van der Waals surface area contributed by atoms with Crippen molar-refractivity contribution in [2.75, 3.05) is 13.1 Å². The number of aliphatic carboxylic acids is 1. The molecule has 2 rings (SSSR count). The number of aliphatic hydroxyl groups is 1. The van der Waals surface area contributed by atoms with Gasteiger partial charge in [0.2, 0.25) is 0 Å². The van der Waals surface area contributed by atoms with E-state index in [9.17, 15) is 9.90 Å². The zero-order valence-electron chi connectivity index (χ0n) is 13.7. The Balaban J connectivity index is 1.72. The van der Waals surface area contributed by atoms with Crippen LogP contribution in [-0.4, -0.2) is 35.4 Å². The lowest BCUT2D eigenvalue weighted by Gasteiger charge is -2.13. The molecule has 0 amide bonds. The lowest BCUT2D eigenvalue weighted by atomic mass is 10.1. The normalized spacial score (nSPS) is 13.2. The zero-order valence-corrected chi connectivity index (χ0v) is 13.7. The molecule has 0 aliphatic rings. The van der Waals surface area contributed by atoms with Gasteiger partial charge >= 0.3 is 5.97 Å². The van der Waals surface area contributed by atoms with Crippen LogP contribution < -0.4 is 10.1 Å². The first-order chi connectivity index (χ1) is 11.6. The van der Waals surface area contributed by atoms with Crippen LogP contribution >= 0.6 is 0 Å². The summed E-state index contributed by atoms with van der Waals surface area (Å²) in [4.78, 5) is 10.7. The van der Waals surface area contributed by atoms with Crippen molar-refractivity contribution in [1.29, 1.82) is 0 Å². The van der Waals surface area contributed by atoms with E-state index in [-0.39, 0.29) is 0 Å². The van der Waals surface area contributed by atoms with Gasteiger partial charge < -0.3 is 20.3 Å². The molecule has 0 aliphatic heterocycles. The van der Waals surface area contributed by atoms with E-state index in [1.54, 1.807) is 12.1 Å². The van der Waals surface area contributed by atoms with Crippen LogP contribution in [0.5, 0.6) is 5.75 Å². The standard InChI is InChI=1S/C19H23NO4/c1-14(19(22)23)24-17-9-7-15(8-10-17)11-12-20-13-18(21)16-5-3-2-4-6-16/h2-10,14,18,20-21H,11-13H2,1H3,(H,22,23)/t14-,18?/m0/s1. The van der Waals surface area contributed by atoms with E-state index < -0.39 is 18.2 Å². The summed E-state index contributed by atoms with van der Waals surface area (Å²) < 4.78 is 5.29. The fourth-order valence-electron chi connectivity index (χ4n) is 2.25. The van der Waals surface area contributed by atoms with E-state index in [4.69, 9.17) is 9.84 Å². The number of carbonyl (C=O) groups is 1. The maximum atomic E-state index is 10.7. The van der Waals surface area contributed by atoms with E-state index in [1.807, 2.05) is 42.5 Å². The maximum absolute atomic E-state index is 10.7. The predicted octanol–water partition coefficient (Wildman–Crippen LogP) is 2.40. The fourth-order valence-corrected chi connectivity index (χ4v) is 2.25. The van der Waals surface area contributed by atoms with Crippen molar-refractivity contribution in [1.82, 2.24) is 5.32 Å². The second kappa shape index (κ2) is 9.05. The summed E-state index contributed by atoms with van der Waals surface area (Å²) in [6.45, 7) is 2.75. The summed E-state index contributed by atoms with van der Waals surface area (Å²) >= 11 is 0. The maximum Gasteiger partial charge on any atom is 0.344 e. The molecule has 1 unspecified atom stereocenters. The number of carboxylic acids is 1. The van der Waals surface area contributed by atoms with Crippen molar-refractivity contribution in [3.63, 3.8) is 0 Å². The van der Waals surface area contributed by atoms with Crippen LogP contribution in [0, 0.1) is 0 Å². The van der Waals surface area contributed by atoms with Crippen molar-refractivity contribution >= 4 is 5.97 Å². The first-order valence-corrected chi connectivity index (χ1v) is 7.98. The van der Waals surface area contributed by atoms with Gasteiger partial charge in [-0.05, 0) is 43.1 Å². The SMILES string of the molecule is C[C@H](Oc1ccc(CCNCC(O)c2ccccc2)cc1)C(=O)O. The Kier molecular flexibility index (Phi) is 6.78. The molecule has 0 saturated heterocycles. The zero-order chi connectivity index (χ0) is 17.4. The molecule has 0 saturated carbocycles. The summed E-state index contributed by atoms with van der Waals surface area (Å²) in [5.74, 6) is -0.443. The van der Waals surface area contributed by atoms with Gasteiger partial charge in [-0.1, -0.05) is 42.5 Å². The molecular weight excluding hydrogens is 306 g/mol.